The van der Waals surface area contributed by atoms with E-state index in [1.54, 1.807) is 0 Å². The zero-order valence-electron chi connectivity index (χ0n) is 11.1. The van der Waals surface area contributed by atoms with E-state index in [0.29, 0.717) is 6.61 Å². The predicted molar refractivity (Wildman–Crippen MR) is 68.4 cm³/mol. The molecule has 1 aliphatic heterocycles. The smallest absolute Gasteiger partial charge is 0.330 e. The van der Waals surface area contributed by atoms with Crippen molar-refractivity contribution in [1.29, 1.82) is 0 Å². The van der Waals surface area contributed by atoms with E-state index in [4.69, 9.17) is 9.47 Å². The van der Waals surface area contributed by atoms with Crippen molar-refractivity contribution in [3.8, 4) is 0 Å². The van der Waals surface area contributed by atoms with E-state index in [1.165, 1.54) is 12.3 Å². The van der Waals surface area contributed by atoms with Crippen molar-refractivity contribution in [2.75, 3.05) is 13.2 Å². The van der Waals surface area contributed by atoms with Crippen molar-refractivity contribution in [3.63, 3.8) is 0 Å². The summed E-state index contributed by atoms with van der Waals surface area (Å²) in [6, 6.07) is 1.18. The topological polar surface area (TPSA) is 114 Å². The monoisotopic (exact) mass is 286 g/mol. The average molecular weight is 286 g/mol. The second kappa shape index (κ2) is 6.31. The lowest BCUT2D eigenvalue weighted by Gasteiger charge is -2.21. The molecule has 1 unspecified atom stereocenters. The number of aliphatic hydroxyl groups is 2. The SMILES string of the molecule is CCCOC1[C@@H](O)[C@@H](CO)O[C@H]1n1ccc(=O)[nH]c1=O. The van der Waals surface area contributed by atoms with E-state index in [-0.39, 0.29) is 6.61 Å². The molecule has 2 rings (SSSR count). The molecule has 0 saturated carbocycles. The Bertz CT molecular complexity index is 553. The molecule has 0 aromatic carbocycles. The van der Waals surface area contributed by atoms with Gasteiger partial charge >= 0.3 is 5.69 Å². The Morgan fingerprint density at radius 1 is 1.50 bits per heavy atom. The molecule has 1 aliphatic rings. The van der Waals surface area contributed by atoms with Crippen LogP contribution in [0.1, 0.15) is 19.6 Å². The van der Waals surface area contributed by atoms with E-state index in [1.807, 2.05) is 6.92 Å². The van der Waals surface area contributed by atoms with Crippen LogP contribution in [0.15, 0.2) is 21.9 Å². The van der Waals surface area contributed by atoms with Gasteiger partial charge in [-0.3, -0.25) is 14.3 Å². The second-order valence-electron chi connectivity index (χ2n) is 4.59. The van der Waals surface area contributed by atoms with Gasteiger partial charge in [-0.15, -0.1) is 0 Å². The Morgan fingerprint density at radius 3 is 2.85 bits per heavy atom. The Labute approximate surface area is 114 Å². The van der Waals surface area contributed by atoms with Crippen molar-refractivity contribution in [1.82, 2.24) is 9.55 Å². The van der Waals surface area contributed by atoms with Crippen LogP contribution in [0.25, 0.3) is 0 Å². The molecule has 112 valence electrons. The highest BCUT2D eigenvalue weighted by molar-refractivity contribution is 4.93. The first-order valence-corrected chi connectivity index (χ1v) is 6.46. The lowest BCUT2D eigenvalue weighted by molar-refractivity contribution is -0.0742. The first-order valence-electron chi connectivity index (χ1n) is 6.46. The van der Waals surface area contributed by atoms with Crippen LogP contribution < -0.4 is 11.2 Å². The summed E-state index contributed by atoms with van der Waals surface area (Å²) in [7, 11) is 0. The lowest BCUT2D eigenvalue weighted by atomic mass is 10.1. The Balaban J connectivity index is 2.31. The number of aliphatic hydroxyl groups excluding tert-OH is 2. The molecule has 1 fully saturated rings. The quantitative estimate of drug-likeness (QED) is 0.612. The van der Waals surface area contributed by atoms with Gasteiger partial charge in [0.15, 0.2) is 6.23 Å². The fourth-order valence-corrected chi connectivity index (χ4v) is 2.15. The number of H-pyrrole nitrogens is 1. The Hall–Kier alpha value is -1.48. The minimum Gasteiger partial charge on any atom is -0.394 e. The van der Waals surface area contributed by atoms with E-state index in [0.717, 1.165) is 11.0 Å². The number of aromatic amines is 1. The van der Waals surface area contributed by atoms with Gasteiger partial charge < -0.3 is 19.7 Å². The van der Waals surface area contributed by atoms with Crippen LogP contribution >= 0.6 is 0 Å². The lowest BCUT2D eigenvalue weighted by Crippen LogP contribution is -2.39. The maximum absolute atomic E-state index is 11.8. The van der Waals surface area contributed by atoms with Crippen molar-refractivity contribution >= 4 is 0 Å². The normalized spacial score (nSPS) is 29.8. The molecule has 1 saturated heterocycles. The number of hydrogen-bond donors (Lipinski definition) is 3. The van der Waals surface area contributed by atoms with Crippen LogP contribution in [0.2, 0.25) is 0 Å². The van der Waals surface area contributed by atoms with E-state index < -0.39 is 35.8 Å². The van der Waals surface area contributed by atoms with Crippen molar-refractivity contribution in [2.45, 2.75) is 37.9 Å². The minimum absolute atomic E-state index is 0.387. The zero-order chi connectivity index (χ0) is 14.7. The summed E-state index contributed by atoms with van der Waals surface area (Å²) in [6.07, 6.45) is -1.54. The highest BCUT2D eigenvalue weighted by Crippen LogP contribution is 2.30. The molecule has 0 bridgehead atoms. The summed E-state index contributed by atoms with van der Waals surface area (Å²) in [5.41, 5.74) is -1.17. The maximum Gasteiger partial charge on any atom is 0.330 e. The molecule has 0 amide bonds. The van der Waals surface area contributed by atoms with Gasteiger partial charge in [0.25, 0.3) is 5.56 Å². The number of nitrogens with one attached hydrogen (secondary N) is 1. The first kappa shape index (κ1) is 14.9. The third kappa shape index (κ3) is 2.83. The number of aromatic nitrogens is 2. The van der Waals surface area contributed by atoms with Crippen molar-refractivity contribution < 1.29 is 19.7 Å². The molecule has 0 radical (unpaired) electrons. The fraction of sp³-hybridized carbons (Fsp3) is 0.667. The zero-order valence-corrected chi connectivity index (χ0v) is 11.1. The van der Waals surface area contributed by atoms with Crippen LogP contribution in [0.5, 0.6) is 0 Å². The summed E-state index contributed by atoms with van der Waals surface area (Å²) >= 11 is 0. The first-order chi connectivity index (χ1) is 9.58. The van der Waals surface area contributed by atoms with Crippen LogP contribution in [0, 0.1) is 0 Å². The molecular weight excluding hydrogens is 268 g/mol. The maximum atomic E-state index is 11.8. The van der Waals surface area contributed by atoms with Crippen molar-refractivity contribution in [2.24, 2.45) is 0 Å². The second-order valence-corrected chi connectivity index (χ2v) is 4.59. The molecule has 8 nitrogen and oxygen atoms in total. The highest BCUT2D eigenvalue weighted by Gasteiger charge is 2.45. The van der Waals surface area contributed by atoms with E-state index in [9.17, 15) is 19.8 Å². The van der Waals surface area contributed by atoms with Gasteiger partial charge in [0.1, 0.15) is 18.3 Å². The third-order valence-corrected chi connectivity index (χ3v) is 3.13. The summed E-state index contributed by atoms with van der Waals surface area (Å²) in [5.74, 6) is 0. The molecule has 20 heavy (non-hydrogen) atoms. The third-order valence-electron chi connectivity index (χ3n) is 3.13. The van der Waals surface area contributed by atoms with Crippen LogP contribution in [0.4, 0.5) is 0 Å². The summed E-state index contributed by atoms with van der Waals surface area (Å²) in [6.45, 7) is 1.91. The number of rotatable bonds is 5. The Kier molecular flexibility index (Phi) is 4.71. The molecule has 2 heterocycles. The molecule has 1 aromatic rings. The van der Waals surface area contributed by atoms with Gasteiger partial charge in [-0.2, -0.15) is 0 Å². The van der Waals surface area contributed by atoms with Crippen LogP contribution in [-0.4, -0.2) is 51.3 Å². The summed E-state index contributed by atoms with van der Waals surface area (Å²) < 4.78 is 12.1. The molecule has 8 heteroatoms. The molecule has 0 aliphatic carbocycles. The molecule has 1 aromatic heterocycles. The standard InChI is InChI=1S/C12H18N2O6/c1-2-5-19-10-9(17)7(6-15)20-11(10)14-4-3-8(16)13-12(14)18/h3-4,7,9-11,15,17H,2,5-6H2,1H3,(H,13,16,18)/t7-,9+,10?,11-/m1/s1. The molecular formula is C12H18N2O6. The van der Waals surface area contributed by atoms with Gasteiger partial charge in [-0.1, -0.05) is 6.92 Å². The summed E-state index contributed by atoms with van der Waals surface area (Å²) in [5, 5.41) is 19.2. The van der Waals surface area contributed by atoms with Gasteiger partial charge in [-0.25, -0.2) is 4.79 Å². The molecule has 0 spiro atoms. The predicted octanol–water partition coefficient (Wildman–Crippen LogP) is -1.42. The number of hydrogen-bond acceptors (Lipinski definition) is 6. The minimum atomic E-state index is -1.05. The van der Waals surface area contributed by atoms with E-state index >= 15 is 0 Å². The van der Waals surface area contributed by atoms with Crippen molar-refractivity contribution in [3.05, 3.63) is 33.1 Å². The number of ether oxygens (including phenoxy) is 2. The van der Waals surface area contributed by atoms with Gasteiger partial charge in [-0.05, 0) is 6.42 Å². The van der Waals surface area contributed by atoms with Gasteiger partial charge in [0, 0.05) is 18.9 Å². The van der Waals surface area contributed by atoms with Gasteiger partial charge in [0.05, 0.1) is 6.61 Å². The van der Waals surface area contributed by atoms with Gasteiger partial charge in [0.2, 0.25) is 0 Å². The summed E-state index contributed by atoms with van der Waals surface area (Å²) in [4.78, 5) is 25.0. The van der Waals surface area contributed by atoms with E-state index in [2.05, 4.69) is 4.98 Å². The largest absolute Gasteiger partial charge is 0.394 e. The van der Waals surface area contributed by atoms with Crippen LogP contribution in [0.3, 0.4) is 0 Å². The van der Waals surface area contributed by atoms with Crippen LogP contribution in [-0.2, 0) is 9.47 Å². The average Bonchev–Trinajstić information content (AvgIpc) is 2.73. The Morgan fingerprint density at radius 2 is 2.25 bits per heavy atom. The fourth-order valence-electron chi connectivity index (χ4n) is 2.15. The number of nitrogens with zero attached hydrogens (tertiary/aromatic N) is 1. The molecule has 3 N–H and O–H groups in total. The molecule has 4 atom stereocenters. The highest BCUT2D eigenvalue weighted by atomic mass is 16.6.